The number of aliphatic hydroxyl groups excluding tert-OH is 1. The van der Waals surface area contributed by atoms with Gasteiger partial charge in [-0.2, -0.15) is 0 Å². The van der Waals surface area contributed by atoms with Crippen LogP contribution in [-0.2, 0) is 0 Å². The zero-order valence-electron chi connectivity index (χ0n) is 22.3. The normalized spacial score (nSPS) is 16.0. The Morgan fingerprint density at radius 2 is 1.98 bits per heavy atom. The van der Waals surface area contributed by atoms with E-state index in [1.54, 1.807) is 36.7 Å². The fourth-order valence-corrected chi connectivity index (χ4v) is 4.83. The number of aryl methyl sites for hydroxylation is 1. The zero-order chi connectivity index (χ0) is 28.9. The third kappa shape index (κ3) is 6.43. The number of aliphatic hydroxyl groups is 1. The monoisotopic (exact) mass is 564 g/mol. The highest BCUT2D eigenvalue weighted by Gasteiger charge is 2.24. The van der Waals surface area contributed by atoms with Crippen LogP contribution in [0.4, 0.5) is 25.2 Å². The van der Waals surface area contributed by atoms with E-state index >= 15 is 0 Å². The predicted octanol–water partition coefficient (Wildman–Crippen LogP) is 5.38. The molecule has 5 rings (SSSR count). The number of hydrogen-bond acceptors (Lipinski definition) is 8. The molecule has 0 saturated carbocycles. The van der Waals surface area contributed by atoms with Crippen LogP contribution in [0.2, 0.25) is 0 Å². The van der Waals surface area contributed by atoms with Crippen LogP contribution in [0, 0.1) is 6.92 Å². The van der Waals surface area contributed by atoms with E-state index < -0.39 is 18.6 Å². The second-order valence-electron chi connectivity index (χ2n) is 9.83. The van der Waals surface area contributed by atoms with Gasteiger partial charge >= 0.3 is 6.09 Å². The molecule has 41 heavy (non-hydrogen) atoms. The molecular formula is C29H30F2N6O4. The van der Waals surface area contributed by atoms with E-state index in [2.05, 4.69) is 25.6 Å². The second kappa shape index (κ2) is 12.3. The molecule has 10 nitrogen and oxygen atoms in total. The van der Waals surface area contributed by atoms with Gasteiger partial charge in [0.25, 0.3) is 6.43 Å². The molecule has 2 unspecified atom stereocenters. The van der Waals surface area contributed by atoms with Crippen LogP contribution in [0.5, 0.6) is 11.6 Å². The molecule has 1 fully saturated rings. The standard InChI is InChI=1S/C29H30F2N6O4/c1-17-9-10-19-20(6-2-8-22(19)34-15-24(38)26(30)31)25(17)41-27-21(7-3-12-32-27)23-11-13-33-28(36-23)35-18-5-4-14-37(16-18)29(39)40/h2-3,6-13,18,24,26,34,38H,4-5,14-16H2,1H3,(H,39,40)(H,33,35,36). The maximum atomic E-state index is 12.8. The quantitative estimate of drug-likeness (QED) is 0.211. The predicted molar refractivity (Wildman–Crippen MR) is 151 cm³/mol. The Morgan fingerprint density at radius 3 is 2.78 bits per heavy atom. The van der Waals surface area contributed by atoms with Crippen LogP contribution in [0.3, 0.4) is 0 Å². The summed E-state index contributed by atoms with van der Waals surface area (Å²) in [5.74, 6) is 1.23. The summed E-state index contributed by atoms with van der Waals surface area (Å²) >= 11 is 0. The van der Waals surface area contributed by atoms with Gasteiger partial charge in [0, 0.05) is 54.5 Å². The molecular weight excluding hydrogens is 534 g/mol. The van der Waals surface area contributed by atoms with Gasteiger partial charge in [-0.3, -0.25) is 0 Å². The van der Waals surface area contributed by atoms with Crippen molar-refractivity contribution < 1.29 is 28.5 Å². The molecule has 0 spiro atoms. The highest BCUT2D eigenvalue weighted by Crippen LogP contribution is 2.38. The molecule has 1 saturated heterocycles. The number of alkyl halides is 2. The maximum absolute atomic E-state index is 12.8. The first-order valence-corrected chi connectivity index (χ1v) is 13.2. The summed E-state index contributed by atoms with van der Waals surface area (Å²) in [6, 6.07) is 14.4. The van der Waals surface area contributed by atoms with Crippen molar-refractivity contribution in [2.45, 2.75) is 38.3 Å². The van der Waals surface area contributed by atoms with Gasteiger partial charge in [-0.1, -0.05) is 24.3 Å². The molecule has 0 bridgehead atoms. The van der Waals surface area contributed by atoms with Crippen molar-refractivity contribution in [1.82, 2.24) is 19.9 Å². The number of nitrogens with zero attached hydrogens (tertiary/aromatic N) is 4. The summed E-state index contributed by atoms with van der Waals surface area (Å²) in [5, 5.41) is 26.5. The van der Waals surface area contributed by atoms with Crippen molar-refractivity contribution in [3.05, 3.63) is 66.5 Å². The molecule has 1 aliphatic rings. The number of nitrogens with one attached hydrogen (secondary N) is 2. The fraction of sp³-hybridized carbons (Fsp3) is 0.310. The number of aromatic nitrogens is 3. The number of carboxylic acid groups (broad SMARTS) is 1. The number of carbonyl (C=O) groups is 1. The molecule has 4 N–H and O–H groups in total. The number of piperidine rings is 1. The van der Waals surface area contributed by atoms with Gasteiger partial charge in [0.2, 0.25) is 11.8 Å². The van der Waals surface area contributed by atoms with Crippen molar-refractivity contribution in [2.24, 2.45) is 0 Å². The third-order valence-corrected chi connectivity index (χ3v) is 6.93. The number of amides is 1. The van der Waals surface area contributed by atoms with Gasteiger partial charge < -0.3 is 30.5 Å². The van der Waals surface area contributed by atoms with E-state index in [1.807, 2.05) is 31.2 Å². The van der Waals surface area contributed by atoms with Crippen molar-refractivity contribution in [2.75, 3.05) is 30.3 Å². The Hall–Kier alpha value is -4.58. The maximum Gasteiger partial charge on any atom is 0.407 e. The van der Waals surface area contributed by atoms with E-state index in [0.717, 1.165) is 29.2 Å². The Balaban J connectivity index is 1.42. The lowest BCUT2D eigenvalue weighted by atomic mass is 10.0. The van der Waals surface area contributed by atoms with Crippen molar-refractivity contribution in [3.63, 3.8) is 0 Å². The van der Waals surface area contributed by atoms with Crippen molar-refractivity contribution in [3.8, 4) is 22.9 Å². The first kappa shape index (κ1) is 28.0. The lowest BCUT2D eigenvalue weighted by Crippen LogP contribution is -2.44. The molecule has 1 amide bonds. The summed E-state index contributed by atoms with van der Waals surface area (Å²) < 4.78 is 32.0. The smallest absolute Gasteiger partial charge is 0.407 e. The van der Waals surface area contributed by atoms with Crippen LogP contribution in [0.25, 0.3) is 22.0 Å². The second-order valence-corrected chi connectivity index (χ2v) is 9.83. The Kier molecular flexibility index (Phi) is 8.39. The lowest BCUT2D eigenvalue weighted by Gasteiger charge is -2.31. The van der Waals surface area contributed by atoms with Gasteiger partial charge in [-0.25, -0.2) is 28.5 Å². The van der Waals surface area contributed by atoms with Crippen LogP contribution in [-0.4, -0.2) is 74.4 Å². The number of pyridine rings is 1. The van der Waals surface area contributed by atoms with Crippen LogP contribution < -0.4 is 15.4 Å². The first-order valence-electron chi connectivity index (χ1n) is 13.2. The molecule has 2 atom stereocenters. The van der Waals surface area contributed by atoms with E-state index in [9.17, 15) is 23.8 Å². The molecule has 12 heteroatoms. The van der Waals surface area contributed by atoms with Crippen LogP contribution in [0.15, 0.2) is 60.9 Å². The van der Waals surface area contributed by atoms with Crippen LogP contribution >= 0.6 is 0 Å². The highest BCUT2D eigenvalue weighted by molar-refractivity contribution is 5.98. The summed E-state index contributed by atoms with van der Waals surface area (Å²) in [6.07, 6.45) is -0.796. The summed E-state index contributed by atoms with van der Waals surface area (Å²) in [7, 11) is 0. The molecule has 2 aromatic heterocycles. The topological polar surface area (TPSA) is 133 Å². The molecule has 2 aromatic carbocycles. The molecule has 0 aliphatic carbocycles. The Labute approximate surface area is 235 Å². The van der Waals surface area contributed by atoms with Gasteiger partial charge in [0.05, 0.1) is 11.3 Å². The zero-order valence-corrected chi connectivity index (χ0v) is 22.3. The van der Waals surface area contributed by atoms with E-state index in [4.69, 9.17) is 4.74 Å². The number of halogens is 2. The number of fused-ring (bicyclic) bond motifs is 1. The van der Waals surface area contributed by atoms with E-state index in [-0.39, 0.29) is 12.6 Å². The largest absolute Gasteiger partial charge is 0.465 e. The fourth-order valence-electron chi connectivity index (χ4n) is 4.83. The lowest BCUT2D eigenvalue weighted by molar-refractivity contribution is 0.00386. The van der Waals surface area contributed by atoms with Gasteiger partial charge in [-0.05, 0) is 49.6 Å². The molecule has 0 radical (unpaired) electrons. The van der Waals surface area contributed by atoms with Crippen molar-refractivity contribution >= 4 is 28.5 Å². The number of rotatable bonds is 9. The minimum Gasteiger partial charge on any atom is -0.465 e. The SMILES string of the molecule is Cc1ccc2c(NCC(O)C(F)F)cccc2c1Oc1ncccc1-c1ccnc(NC2CCCN(C(=O)O)C2)n1. The van der Waals surface area contributed by atoms with E-state index in [0.29, 0.717) is 47.6 Å². The number of likely N-dealkylation sites (tertiary alicyclic amines) is 1. The van der Waals surface area contributed by atoms with Crippen LogP contribution in [0.1, 0.15) is 18.4 Å². The first-order chi connectivity index (χ1) is 19.8. The number of ether oxygens (including phenoxy) is 1. The molecule has 4 aromatic rings. The van der Waals surface area contributed by atoms with Gasteiger partial charge in [-0.15, -0.1) is 0 Å². The molecule has 3 heterocycles. The van der Waals surface area contributed by atoms with Gasteiger partial charge in [0.1, 0.15) is 11.9 Å². The van der Waals surface area contributed by atoms with E-state index in [1.165, 1.54) is 4.90 Å². The van der Waals surface area contributed by atoms with Crippen molar-refractivity contribution in [1.29, 1.82) is 0 Å². The summed E-state index contributed by atoms with van der Waals surface area (Å²) in [5.41, 5.74) is 2.62. The van der Waals surface area contributed by atoms with Gasteiger partial charge in [0.15, 0.2) is 0 Å². The highest BCUT2D eigenvalue weighted by atomic mass is 19.3. The summed E-state index contributed by atoms with van der Waals surface area (Å²) in [4.78, 5) is 26.2. The number of benzene rings is 2. The minimum absolute atomic E-state index is 0.109. The number of anilines is 2. The number of hydrogen-bond donors (Lipinski definition) is 4. The Morgan fingerprint density at radius 1 is 1.12 bits per heavy atom. The summed E-state index contributed by atoms with van der Waals surface area (Å²) in [6.45, 7) is 2.45. The average molecular weight is 565 g/mol. The average Bonchev–Trinajstić information content (AvgIpc) is 2.97. The molecule has 1 aliphatic heterocycles. The molecule has 214 valence electrons. The third-order valence-electron chi connectivity index (χ3n) is 6.93. The minimum atomic E-state index is -2.85. The Bertz CT molecular complexity index is 1540.